The van der Waals surface area contributed by atoms with Crippen molar-refractivity contribution >= 4 is 46.8 Å². The van der Waals surface area contributed by atoms with Crippen LogP contribution in [0.5, 0.6) is 0 Å². The van der Waals surface area contributed by atoms with E-state index in [4.69, 9.17) is 0 Å². The van der Waals surface area contributed by atoms with Gasteiger partial charge < -0.3 is 10.6 Å². The summed E-state index contributed by atoms with van der Waals surface area (Å²) in [6, 6.07) is 32.7. The van der Waals surface area contributed by atoms with Crippen LogP contribution in [0.25, 0.3) is 0 Å². The summed E-state index contributed by atoms with van der Waals surface area (Å²) < 4.78 is 0. The van der Waals surface area contributed by atoms with E-state index in [1.54, 1.807) is 48.5 Å². The van der Waals surface area contributed by atoms with Crippen LogP contribution in [-0.4, -0.2) is 35.4 Å². The first-order valence-corrected chi connectivity index (χ1v) is 17.8. The smallest absolute Gasteiger partial charge is 0.269 e. The van der Waals surface area contributed by atoms with E-state index in [1.807, 2.05) is 24.3 Å². The summed E-state index contributed by atoms with van der Waals surface area (Å²) in [7, 11) is 0. The fraction of sp³-hybridized carbons (Fsp3) is 0.182. The van der Waals surface area contributed by atoms with E-state index in [1.165, 1.54) is 48.5 Å². The van der Waals surface area contributed by atoms with Gasteiger partial charge in [-0.2, -0.15) is 0 Å². The highest BCUT2D eigenvalue weighted by Crippen LogP contribution is 2.24. The average Bonchev–Trinajstić information content (AvgIpc) is 3.18. The maximum Gasteiger partial charge on any atom is 0.269 e. The predicted molar refractivity (Wildman–Crippen MR) is 215 cm³/mol. The van der Waals surface area contributed by atoms with Crippen LogP contribution in [0.4, 0.5) is 11.4 Å². The molecule has 0 saturated carbocycles. The SMILES string of the molecule is CC(C)(C)c1ccc(C(=O)Nc2ccc(C(=O)NNC(=O)c3ccc(C(=O)NNC(=O)c4ccc(NC(=O)c5ccc(C(C)(C)C)cc5)cc4)cc3)cc2)cc1. The minimum atomic E-state index is -0.627. The van der Waals surface area contributed by atoms with Gasteiger partial charge in [0.2, 0.25) is 0 Å². The maximum absolute atomic E-state index is 12.7. The minimum Gasteiger partial charge on any atom is -0.322 e. The van der Waals surface area contributed by atoms with Crippen molar-refractivity contribution in [2.24, 2.45) is 0 Å². The van der Waals surface area contributed by atoms with Gasteiger partial charge >= 0.3 is 0 Å². The number of benzene rings is 5. The Labute approximate surface area is 325 Å². The van der Waals surface area contributed by atoms with E-state index in [-0.39, 0.29) is 44.9 Å². The van der Waals surface area contributed by atoms with Gasteiger partial charge in [-0.05, 0) is 119 Å². The third-order valence-corrected chi connectivity index (χ3v) is 8.82. The summed E-state index contributed by atoms with van der Waals surface area (Å²) in [5.41, 5.74) is 14.3. The van der Waals surface area contributed by atoms with Crippen molar-refractivity contribution < 1.29 is 28.8 Å². The fourth-order valence-electron chi connectivity index (χ4n) is 5.35. The standard InChI is InChI=1S/C44H44N6O6/c1-43(2,3)33-19-11-27(12-20-33)37(51)45-35-23-15-31(16-24-35)41(55)49-47-39(53)29-7-9-30(10-8-29)40(54)48-50-42(56)32-17-25-36(26-18-32)46-38(52)28-13-21-34(22-14-28)44(4,5)6/h7-26H,1-6H3,(H,45,51)(H,46,52)(H,47,53)(H,48,54)(H,49,55)(H,50,56). The van der Waals surface area contributed by atoms with Gasteiger partial charge in [-0.15, -0.1) is 0 Å². The second-order valence-corrected chi connectivity index (χ2v) is 15.1. The monoisotopic (exact) mass is 752 g/mol. The summed E-state index contributed by atoms with van der Waals surface area (Å²) in [6.45, 7) is 12.6. The van der Waals surface area contributed by atoms with Gasteiger partial charge in [0.25, 0.3) is 35.4 Å². The van der Waals surface area contributed by atoms with Gasteiger partial charge in [0.05, 0.1) is 0 Å². The van der Waals surface area contributed by atoms with Crippen LogP contribution in [0.15, 0.2) is 121 Å². The normalized spacial score (nSPS) is 11.1. The molecule has 6 amide bonds. The molecule has 0 spiro atoms. The summed E-state index contributed by atoms with van der Waals surface area (Å²) in [4.78, 5) is 76.0. The van der Waals surface area contributed by atoms with E-state index in [0.29, 0.717) is 22.5 Å². The molecule has 6 N–H and O–H groups in total. The number of carbonyl (C=O) groups excluding carboxylic acids is 6. The minimum absolute atomic E-state index is 0.0296. The molecular formula is C44H44N6O6. The van der Waals surface area contributed by atoms with Gasteiger partial charge in [-0.1, -0.05) is 65.8 Å². The van der Waals surface area contributed by atoms with Crippen molar-refractivity contribution in [1.29, 1.82) is 0 Å². The number of nitrogens with one attached hydrogen (secondary N) is 6. The Balaban J connectivity index is 1.04. The molecule has 0 unspecified atom stereocenters. The van der Waals surface area contributed by atoms with Gasteiger partial charge in [-0.25, -0.2) is 0 Å². The lowest BCUT2D eigenvalue weighted by Crippen LogP contribution is -2.42. The molecule has 5 aromatic carbocycles. The van der Waals surface area contributed by atoms with Crippen molar-refractivity contribution in [3.63, 3.8) is 0 Å². The topological polar surface area (TPSA) is 175 Å². The lowest BCUT2D eigenvalue weighted by atomic mass is 9.86. The molecule has 5 rings (SSSR count). The Hall–Kier alpha value is -7.08. The third-order valence-electron chi connectivity index (χ3n) is 8.82. The number of hydrogen-bond donors (Lipinski definition) is 6. The highest BCUT2D eigenvalue weighted by atomic mass is 16.2. The maximum atomic E-state index is 12.7. The van der Waals surface area contributed by atoms with E-state index in [0.717, 1.165) is 11.1 Å². The largest absolute Gasteiger partial charge is 0.322 e. The Bertz CT molecular complexity index is 2070. The van der Waals surface area contributed by atoms with E-state index in [2.05, 4.69) is 73.9 Å². The molecular weight excluding hydrogens is 709 g/mol. The van der Waals surface area contributed by atoms with Crippen molar-refractivity contribution in [3.05, 3.63) is 166 Å². The predicted octanol–water partition coefficient (Wildman–Crippen LogP) is 6.94. The molecule has 0 radical (unpaired) electrons. The van der Waals surface area contributed by atoms with Gasteiger partial charge in [0.1, 0.15) is 0 Å². The highest BCUT2D eigenvalue weighted by Gasteiger charge is 2.17. The van der Waals surface area contributed by atoms with Crippen molar-refractivity contribution in [1.82, 2.24) is 21.7 Å². The molecule has 0 aliphatic heterocycles. The van der Waals surface area contributed by atoms with Crippen LogP contribution in [0.3, 0.4) is 0 Å². The molecule has 0 aliphatic carbocycles. The van der Waals surface area contributed by atoms with Crippen molar-refractivity contribution in [2.45, 2.75) is 52.4 Å². The highest BCUT2D eigenvalue weighted by molar-refractivity contribution is 6.06. The quantitative estimate of drug-likeness (QED) is 0.0937. The summed E-state index contributed by atoms with van der Waals surface area (Å²) in [6.07, 6.45) is 0. The molecule has 0 bridgehead atoms. The number of amides is 6. The molecule has 286 valence electrons. The van der Waals surface area contributed by atoms with Crippen molar-refractivity contribution in [3.8, 4) is 0 Å². The van der Waals surface area contributed by atoms with Crippen LogP contribution >= 0.6 is 0 Å². The molecule has 12 nitrogen and oxygen atoms in total. The molecule has 5 aromatic rings. The molecule has 0 saturated heterocycles. The number of hydrogen-bond acceptors (Lipinski definition) is 6. The first-order chi connectivity index (χ1) is 26.5. The van der Waals surface area contributed by atoms with E-state index < -0.39 is 23.6 Å². The Morgan fingerprint density at radius 2 is 0.500 bits per heavy atom. The molecule has 0 aromatic heterocycles. The lowest BCUT2D eigenvalue weighted by Gasteiger charge is -2.19. The first-order valence-electron chi connectivity index (χ1n) is 17.8. The summed E-state index contributed by atoms with van der Waals surface area (Å²) in [5.74, 6) is -2.99. The summed E-state index contributed by atoms with van der Waals surface area (Å²) in [5, 5.41) is 5.60. The van der Waals surface area contributed by atoms with Crippen LogP contribution in [0, 0.1) is 0 Å². The first kappa shape index (κ1) is 40.1. The zero-order valence-corrected chi connectivity index (χ0v) is 32.0. The van der Waals surface area contributed by atoms with Crippen LogP contribution in [0.2, 0.25) is 0 Å². The number of carbonyl (C=O) groups is 6. The Morgan fingerprint density at radius 1 is 0.304 bits per heavy atom. The number of anilines is 2. The van der Waals surface area contributed by atoms with Crippen molar-refractivity contribution in [2.75, 3.05) is 10.6 Å². The fourth-order valence-corrected chi connectivity index (χ4v) is 5.35. The Kier molecular flexibility index (Phi) is 12.1. The molecule has 0 atom stereocenters. The molecule has 0 heterocycles. The van der Waals surface area contributed by atoms with Crippen LogP contribution in [0.1, 0.15) is 115 Å². The average molecular weight is 753 g/mol. The number of hydrazine groups is 2. The van der Waals surface area contributed by atoms with Crippen LogP contribution < -0.4 is 32.3 Å². The van der Waals surface area contributed by atoms with E-state index >= 15 is 0 Å². The second-order valence-electron chi connectivity index (χ2n) is 15.1. The molecule has 12 heteroatoms. The third kappa shape index (κ3) is 10.5. The van der Waals surface area contributed by atoms with Gasteiger partial charge in [0, 0.05) is 44.8 Å². The van der Waals surface area contributed by atoms with Gasteiger partial charge in [0.15, 0.2) is 0 Å². The van der Waals surface area contributed by atoms with E-state index in [9.17, 15) is 28.8 Å². The molecule has 56 heavy (non-hydrogen) atoms. The Morgan fingerprint density at radius 3 is 0.732 bits per heavy atom. The lowest BCUT2D eigenvalue weighted by molar-refractivity contribution is 0.0844. The molecule has 0 aliphatic rings. The molecule has 0 fully saturated rings. The second kappa shape index (κ2) is 16.9. The zero-order valence-electron chi connectivity index (χ0n) is 32.0. The zero-order chi connectivity index (χ0) is 40.6. The van der Waals surface area contributed by atoms with Gasteiger partial charge in [-0.3, -0.25) is 50.5 Å². The van der Waals surface area contributed by atoms with Crippen LogP contribution in [-0.2, 0) is 10.8 Å². The number of rotatable bonds is 8. The summed E-state index contributed by atoms with van der Waals surface area (Å²) >= 11 is 0.